The molecule has 0 spiro atoms. The van der Waals surface area contributed by atoms with Gasteiger partial charge in [0.05, 0.1) is 34.7 Å². The summed E-state index contributed by atoms with van der Waals surface area (Å²) in [7, 11) is 0. The Kier molecular flexibility index (Phi) is 5.22. The predicted molar refractivity (Wildman–Crippen MR) is 119 cm³/mol. The van der Waals surface area contributed by atoms with Crippen LogP contribution in [0, 0.1) is 25.2 Å². The molecule has 1 aliphatic carbocycles. The molecule has 0 unspecified atom stereocenters. The molecule has 4 heterocycles. The number of nitriles is 1. The van der Waals surface area contributed by atoms with Crippen molar-refractivity contribution in [1.29, 1.82) is 5.26 Å². The lowest BCUT2D eigenvalue weighted by molar-refractivity contribution is 0.930. The molecule has 152 valence electrons. The number of fused-ring (bicyclic) bond motifs is 1. The maximum Gasteiger partial charge on any atom is 0.151 e. The van der Waals surface area contributed by atoms with E-state index < -0.39 is 5.54 Å². The Morgan fingerprint density at radius 1 is 1.13 bits per heavy atom. The van der Waals surface area contributed by atoms with Crippen LogP contribution < -0.4 is 5.32 Å². The van der Waals surface area contributed by atoms with Crippen LogP contribution in [-0.2, 0) is 0 Å². The number of aromatic nitrogens is 5. The number of aryl methyl sites for hydroxylation is 2. The molecule has 0 saturated heterocycles. The van der Waals surface area contributed by atoms with E-state index in [1.807, 2.05) is 56.6 Å². The lowest BCUT2D eigenvalue weighted by atomic mass is 10.1. The molecule has 0 aliphatic heterocycles. The molecule has 1 fully saturated rings. The minimum atomic E-state index is -0.496. The standard InChI is InChI=1S/C20H17N7S.C2H6/c1-12-7-14-3-4-18(27(14)23-9-12)17-8-16(24-20(11-21)5-6-20)15(10-22-17)19-26-25-13(2)28-19;1-2/h3-4,7-10H,5-6H2,1-2H3,(H,22,24);1-2H3. The van der Waals surface area contributed by atoms with Crippen LogP contribution in [0.5, 0.6) is 0 Å². The summed E-state index contributed by atoms with van der Waals surface area (Å²) in [5, 5.41) is 27.5. The molecule has 8 heteroatoms. The van der Waals surface area contributed by atoms with Crippen molar-refractivity contribution in [3.63, 3.8) is 0 Å². The lowest BCUT2D eigenvalue weighted by Gasteiger charge is -2.15. The maximum absolute atomic E-state index is 9.54. The normalized spacial score (nSPS) is 14.0. The molecule has 1 N–H and O–H groups in total. The Labute approximate surface area is 179 Å². The topological polar surface area (TPSA) is 91.8 Å². The SMILES string of the molecule is CC.Cc1cnn2c(-c3cc(NC4(C#N)CC4)c(-c4nnc(C)s4)cn3)ccc2c1. The molecule has 5 rings (SSSR count). The summed E-state index contributed by atoms with van der Waals surface area (Å²) in [5.74, 6) is 0. The molecule has 30 heavy (non-hydrogen) atoms. The van der Waals surface area contributed by atoms with Crippen molar-refractivity contribution in [2.45, 2.75) is 46.1 Å². The Balaban J connectivity index is 0.00000106. The van der Waals surface area contributed by atoms with E-state index in [4.69, 9.17) is 0 Å². The van der Waals surface area contributed by atoms with Gasteiger partial charge in [-0.1, -0.05) is 25.2 Å². The van der Waals surface area contributed by atoms with Crippen LogP contribution in [-0.4, -0.2) is 30.3 Å². The molecule has 4 aromatic heterocycles. The van der Waals surface area contributed by atoms with E-state index in [9.17, 15) is 5.26 Å². The first kappa shape index (κ1) is 20.0. The van der Waals surface area contributed by atoms with Gasteiger partial charge in [0.15, 0.2) is 5.01 Å². The predicted octanol–water partition coefficient (Wildman–Crippen LogP) is 5.03. The van der Waals surface area contributed by atoms with Gasteiger partial charge >= 0.3 is 0 Å². The van der Waals surface area contributed by atoms with Crippen LogP contribution in [0.3, 0.4) is 0 Å². The molecule has 1 saturated carbocycles. The minimum Gasteiger partial charge on any atom is -0.367 e. The Morgan fingerprint density at radius 2 is 1.93 bits per heavy atom. The molecule has 0 amide bonds. The van der Waals surface area contributed by atoms with E-state index in [1.165, 1.54) is 11.3 Å². The number of rotatable bonds is 4. The van der Waals surface area contributed by atoms with Gasteiger partial charge in [0, 0.05) is 11.9 Å². The van der Waals surface area contributed by atoms with Crippen molar-refractivity contribution in [2.24, 2.45) is 0 Å². The summed E-state index contributed by atoms with van der Waals surface area (Å²) >= 11 is 1.51. The highest BCUT2D eigenvalue weighted by atomic mass is 32.1. The van der Waals surface area contributed by atoms with Crippen LogP contribution >= 0.6 is 11.3 Å². The highest BCUT2D eigenvalue weighted by Crippen LogP contribution is 2.42. The first-order chi connectivity index (χ1) is 14.6. The second kappa shape index (κ2) is 7.84. The highest BCUT2D eigenvalue weighted by molar-refractivity contribution is 7.14. The molecule has 0 aromatic carbocycles. The third kappa shape index (κ3) is 3.64. The second-order valence-electron chi connectivity index (χ2n) is 7.15. The smallest absolute Gasteiger partial charge is 0.151 e. The molecule has 4 aromatic rings. The van der Waals surface area contributed by atoms with Crippen molar-refractivity contribution < 1.29 is 0 Å². The van der Waals surface area contributed by atoms with Crippen molar-refractivity contribution in [3.8, 4) is 28.0 Å². The maximum atomic E-state index is 9.54. The van der Waals surface area contributed by atoms with Crippen LogP contribution in [0.1, 0.15) is 37.3 Å². The lowest BCUT2D eigenvalue weighted by Crippen LogP contribution is -2.19. The minimum absolute atomic E-state index is 0.496. The highest BCUT2D eigenvalue weighted by Gasteiger charge is 2.43. The van der Waals surface area contributed by atoms with E-state index in [0.29, 0.717) is 0 Å². The summed E-state index contributed by atoms with van der Waals surface area (Å²) in [6.45, 7) is 7.95. The van der Waals surface area contributed by atoms with Gasteiger partial charge in [-0.25, -0.2) is 4.52 Å². The van der Waals surface area contributed by atoms with Crippen molar-refractivity contribution in [2.75, 3.05) is 5.32 Å². The van der Waals surface area contributed by atoms with Crippen molar-refractivity contribution in [1.82, 2.24) is 24.8 Å². The molecule has 0 bridgehead atoms. The van der Waals surface area contributed by atoms with E-state index in [1.54, 1.807) is 6.20 Å². The fraction of sp³-hybridized carbons (Fsp3) is 0.318. The molecule has 0 radical (unpaired) electrons. The summed E-state index contributed by atoms with van der Waals surface area (Å²) in [4.78, 5) is 4.67. The summed E-state index contributed by atoms with van der Waals surface area (Å²) in [6.07, 6.45) is 5.32. The summed E-state index contributed by atoms with van der Waals surface area (Å²) in [5.41, 5.74) is 5.04. The fourth-order valence-corrected chi connectivity index (χ4v) is 3.93. The van der Waals surface area contributed by atoms with Crippen LogP contribution in [0.4, 0.5) is 5.69 Å². The van der Waals surface area contributed by atoms with Crippen molar-refractivity contribution >= 4 is 22.5 Å². The zero-order valence-electron chi connectivity index (χ0n) is 17.5. The molecular weight excluding hydrogens is 394 g/mol. The molecular formula is C22H23N7S. The molecule has 7 nitrogen and oxygen atoms in total. The zero-order chi connectivity index (χ0) is 21.3. The fourth-order valence-electron chi connectivity index (χ4n) is 3.22. The Bertz CT molecular complexity index is 1240. The molecule has 0 atom stereocenters. The Hall–Kier alpha value is -3.31. The van der Waals surface area contributed by atoms with Crippen molar-refractivity contribution in [3.05, 3.63) is 47.2 Å². The van der Waals surface area contributed by atoms with Gasteiger partial charge in [-0.05, 0) is 56.5 Å². The second-order valence-corrected chi connectivity index (χ2v) is 8.33. The van der Waals surface area contributed by atoms with Gasteiger partial charge < -0.3 is 5.32 Å². The first-order valence-corrected chi connectivity index (χ1v) is 10.8. The average molecular weight is 418 g/mol. The number of nitrogens with one attached hydrogen (secondary N) is 1. The van der Waals surface area contributed by atoms with Gasteiger partial charge in [0.25, 0.3) is 0 Å². The van der Waals surface area contributed by atoms with E-state index in [-0.39, 0.29) is 0 Å². The van der Waals surface area contributed by atoms with Gasteiger partial charge in [-0.3, -0.25) is 4.98 Å². The number of nitrogens with zero attached hydrogens (tertiary/aromatic N) is 6. The number of hydrogen-bond donors (Lipinski definition) is 1. The Morgan fingerprint density at radius 3 is 2.60 bits per heavy atom. The van der Waals surface area contributed by atoms with E-state index in [2.05, 4.69) is 37.7 Å². The van der Waals surface area contributed by atoms with Gasteiger partial charge in [-0.2, -0.15) is 10.4 Å². The summed E-state index contributed by atoms with van der Waals surface area (Å²) in [6, 6.07) is 10.5. The van der Waals surface area contributed by atoms with Crippen LogP contribution in [0.2, 0.25) is 0 Å². The first-order valence-electron chi connectivity index (χ1n) is 10.0. The molecule has 1 aliphatic rings. The van der Waals surface area contributed by atoms with Gasteiger partial charge in [-0.15, -0.1) is 10.2 Å². The van der Waals surface area contributed by atoms with Crippen LogP contribution in [0.15, 0.2) is 36.7 Å². The van der Waals surface area contributed by atoms with Gasteiger partial charge in [0.2, 0.25) is 0 Å². The third-order valence-corrected chi connectivity index (χ3v) is 5.77. The average Bonchev–Trinajstić information content (AvgIpc) is 3.20. The number of hydrogen-bond acceptors (Lipinski definition) is 7. The number of pyridine rings is 1. The van der Waals surface area contributed by atoms with E-state index in [0.717, 1.165) is 56.6 Å². The zero-order valence-corrected chi connectivity index (χ0v) is 18.3. The third-order valence-electron chi connectivity index (χ3n) is 4.90. The van der Waals surface area contributed by atoms with Gasteiger partial charge in [0.1, 0.15) is 10.5 Å². The van der Waals surface area contributed by atoms with E-state index >= 15 is 0 Å². The monoisotopic (exact) mass is 417 g/mol. The largest absolute Gasteiger partial charge is 0.367 e. The quantitative estimate of drug-likeness (QED) is 0.501. The van der Waals surface area contributed by atoms with Crippen LogP contribution in [0.25, 0.3) is 27.5 Å². The number of anilines is 1. The summed E-state index contributed by atoms with van der Waals surface area (Å²) < 4.78 is 1.88.